The molecule has 104 valence electrons. The number of alkyl halides is 1. The van der Waals surface area contributed by atoms with E-state index in [2.05, 4.69) is 46.3 Å². The average Bonchev–Trinajstić information content (AvgIpc) is 3.20. The SMILES string of the molecule is Cc1cc(F)cc(C)c1C(Br)C1(c2ccccc2)CC1. The van der Waals surface area contributed by atoms with Gasteiger partial charge in [-0.3, -0.25) is 0 Å². The number of halogens is 2. The molecular formula is C18H18BrF. The maximum absolute atomic E-state index is 13.5. The summed E-state index contributed by atoms with van der Waals surface area (Å²) in [6.07, 6.45) is 2.37. The summed E-state index contributed by atoms with van der Waals surface area (Å²) in [5, 5.41) is 0. The zero-order valence-corrected chi connectivity index (χ0v) is 13.4. The number of benzene rings is 2. The fourth-order valence-corrected chi connectivity index (χ4v) is 4.64. The van der Waals surface area contributed by atoms with Crippen molar-refractivity contribution >= 4 is 15.9 Å². The Morgan fingerprint density at radius 3 is 2.10 bits per heavy atom. The molecule has 0 heterocycles. The van der Waals surface area contributed by atoms with Crippen LogP contribution in [0.25, 0.3) is 0 Å². The van der Waals surface area contributed by atoms with Gasteiger partial charge in [0, 0.05) is 10.2 Å². The van der Waals surface area contributed by atoms with E-state index in [0.717, 1.165) is 11.1 Å². The third-order valence-corrected chi connectivity index (χ3v) is 5.77. The Hall–Kier alpha value is -1.15. The second-order valence-electron chi connectivity index (χ2n) is 5.84. The molecule has 0 spiro atoms. The smallest absolute Gasteiger partial charge is 0.123 e. The van der Waals surface area contributed by atoms with Crippen molar-refractivity contribution in [2.45, 2.75) is 36.9 Å². The molecule has 0 nitrogen and oxygen atoms in total. The van der Waals surface area contributed by atoms with Crippen LogP contribution in [-0.2, 0) is 5.41 Å². The number of hydrogen-bond donors (Lipinski definition) is 0. The fourth-order valence-electron chi connectivity index (χ4n) is 3.19. The first-order chi connectivity index (χ1) is 9.54. The van der Waals surface area contributed by atoms with Gasteiger partial charge in [-0.15, -0.1) is 0 Å². The van der Waals surface area contributed by atoms with Crippen LogP contribution < -0.4 is 0 Å². The van der Waals surface area contributed by atoms with Crippen molar-refractivity contribution in [3.05, 3.63) is 70.5 Å². The van der Waals surface area contributed by atoms with Gasteiger partial charge >= 0.3 is 0 Å². The molecule has 1 aliphatic carbocycles. The van der Waals surface area contributed by atoms with Crippen LogP contribution in [0.1, 0.15) is 39.9 Å². The highest BCUT2D eigenvalue weighted by Crippen LogP contribution is 2.60. The zero-order chi connectivity index (χ0) is 14.3. The van der Waals surface area contributed by atoms with E-state index in [1.54, 1.807) is 12.1 Å². The molecule has 0 N–H and O–H groups in total. The highest BCUT2D eigenvalue weighted by Gasteiger charge is 2.50. The third kappa shape index (κ3) is 2.20. The summed E-state index contributed by atoms with van der Waals surface area (Å²) in [7, 11) is 0. The summed E-state index contributed by atoms with van der Waals surface area (Å²) >= 11 is 3.91. The minimum atomic E-state index is -0.145. The predicted octanol–water partition coefficient (Wildman–Crippen LogP) is 5.61. The van der Waals surface area contributed by atoms with Crippen molar-refractivity contribution in [1.82, 2.24) is 0 Å². The van der Waals surface area contributed by atoms with E-state index in [4.69, 9.17) is 0 Å². The van der Waals surface area contributed by atoms with Gasteiger partial charge in [-0.1, -0.05) is 46.3 Å². The topological polar surface area (TPSA) is 0 Å². The molecular weight excluding hydrogens is 315 g/mol. The lowest BCUT2D eigenvalue weighted by atomic mass is 9.85. The molecule has 0 saturated heterocycles. The number of aryl methyl sites for hydroxylation is 2. The Balaban J connectivity index is 2.04. The first-order valence-electron chi connectivity index (χ1n) is 7.01. The number of rotatable bonds is 3. The molecule has 0 radical (unpaired) electrons. The maximum Gasteiger partial charge on any atom is 0.123 e. The lowest BCUT2D eigenvalue weighted by molar-refractivity contribution is 0.619. The van der Waals surface area contributed by atoms with Gasteiger partial charge in [-0.25, -0.2) is 4.39 Å². The molecule has 1 saturated carbocycles. The van der Waals surface area contributed by atoms with E-state index >= 15 is 0 Å². The quantitative estimate of drug-likeness (QED) is 0.641. The van der Waals surface area contributed by atoms with Crippen molar-refractivity contribution in [3.8, 4) is 0 Å². The van der Waals surface area contributed by atoms with E-state index in [0.29, 0.717) is 0 Å². The zero-order valence-electron chi connectivity index (χ0n) is 11.8. The highest BCUT2D eigenvalue weighted by molar-refractivity contribution is 9.09. The predicted molar refractivity (Wildman–Crippen MR) is 84.9 cm³/mol. The Bertz CT molecular complexity index is 606. The molecule has 2 aromatic rings. The average molecular weight is 333 g/mol. The molecule has 20 heavy (non-hydrogen) atoms. The molecule has 1 unspecified atom stereocenters. The van der Waals surface area contributed by atoms with Crippen molar-refractivity contribution < 1.29 is 4.39 Å². The van der Waals surface area contributed by atoms with Crippen LogP contribution in [-0.4, -0.2) is 0 Å². The van der Waals surface area contributed by atoms with E-state index < -0.39 is 0 Å². The summed E-state index contributed by atoms with van der Waals surface area (Å²) in [5.41, 5.74) is 4.87. The first kappa shape index (κ1) is 13.8. The Labute approximate surface area is 128 Å². The summed E-state index contributed by atoms with van der Waals surface area (Å²) in [5.74, 6) is -0.145. The van der Waals surface area contributed by atoms with Crippen molar-refractivity contribution in [2.75, 3.05) is 0 Å². The summed E-state index contributed by atoms with van der Waals surface area (Å²) in [6, 6.07) is 13.9. The lowest BCUT2D eigenvalue weighted by Gasteiger charge is -2.26. The van der Waals surface area contributed by atoms with Gasteiger partial charge in [0.25, 0.3) is 0 Å². The molecule has 2 heteroatoms. The molecule has 0 aromatic heterocycles. The molecule has 3 rings (SSSR count). The van der Waals surface area contributed by atoms with Crippen LogP contribution in [0, 0.1) is 19.7 Å². The van der Waals surface area contributed by atoms with Crippen LogP contribution in [0.15, 0.2) is 42.5 Å². The van der Waals surface area contributed by atoms with Crippen LogP contribution in [0.3, 0.4) is 0 Å². The molecule has 0 aliphatic heterocycles. The van der Waals surface area contributed by atoms with Crippen LogP contribution in [0.4, 0.5) is 4.39 Å². The monoisotopic (exact) mass is 332 g/mol. The Morgan fingerprint density at radius 2 is 1.60 bits per heavy atom. The van der Waals surface area contributed by atoms with Crippen LogP contribution in [0.5, 0.6) is 0 Å². The van der Waals surface area contributed by atoms with E-state index in [1.807, 2.05) is 13.8 Å². The lowest BCUT2D eigenvalue weighted by Crippen LogP contribution is -2.16. The standard InChI is InChI=1S/C18H18BrF/c1-12-10-15(20)11-13(2)16(12)17(19)18(8-9-18)14-6-4-3-5-7-14/h3-7,10-11,17H,8-9H2,1-2H3. The van der Waals surface area contributed by atoms with Crippen LogP contribution >= 0.6 is 15.9 Å². The fraction of sp³-hybridized carbons (Fsp3) is 0.333. The van der Waals surface area contributed by atoms with Gasteiger partial charge in [0.05, 0.1) is 0 Å². The van der Waals surface area contributed by atoms with Gasteiger partial charge in [0.1, 0.15) is 5.82 Å². The summed E-state index contributed by atoms with van der Waals surface area (Å²) < 4.78 is 13.5. The second-order valence-corrected chi connectivity index (χ2v) is 6.75. The van der Waals surface area contributed by atoms with Crippen molar-refractivity contribution in [1.29, 1.82) is 0 Å². The van der Waals surface area contributed by atoms with Crippen molar-refractivity contribution in [2.24, 2.45) is 0 Å². The molecule has 0 bridgehead atoms. The Kier molecular flexibility index (Phi) is 3.45. The molecule has 0 amide bonds. The summed E-state index contributed by atoms with van der Waals surface area (Å²) in [4.78, 5) is 0.248. The van der Waals surface area contributed by atoms with Gasteiger partial charge in [-0.2, -0.15) is 0 Å². The van der Waals surface area contributed by atoms with Gasteiger partial charge in [-0.05, 0) is 61.1 Å². The second kappa shape index (κ2) is 5.00. The van der Waals surface area contributed by atoms with Gasteiger partial charge < -0.3 is 0 Å². The van der Waals surface area contributed by atoms with E-state index in [9.17, 15) is 4.39 Å². The molecule has 1 fully saturated rings. The van der Waals surface area contributed by atoms with Crippen molar-refractivity contribution in [3.63, 3.8) is 0 Å². The van der Waals surface area contributed by atoms with E-state index in [-0.39, 0.29) is 16.1 Å². The first-order valence-corrected chi connectivity index (χ1v) is 7.92. The highest BCUT2D eigenvalue weighted by atomic mass is 79.9. The number of hydrogen-bond acceptors (Lipinski definition) is 0. The largest absolute Gasteiger partial charge is 0.207 e. The van der Waals surface area contributed by atoms with Gasteiger partial charge in [0.15, 0.2) is 0 Å². The normalized spacial score (nSPS) is 17.8. The van der Waals surface area contributed by atoms with E-state index in [1.165, 1.54) is 24.0 Å². The minimum Gasteiger partial charge on any atom is -0.207 e. The molecule has 1 aliphatic rings. The Morgan fingerprint density at radius 1 is 1.05 bits per heavy atom. The third-order valence-electron chi connectivity index (χ3n) is 4.43. The minimum absolute atomic E-state index is 0.145. The summed E-state index contributed by atoms with van der Waals surface area (Å²) in [6.45, 7) is 4.00. The van der Waals surface area contributed by atoms with Gasteiger partial charge in [0.2, 0.25) is 0 Å². The molecule has 2 aromatic carbocycles. The van der Waals surface area contributed by atoms with Crippen LogP contribution in [0.2, 0.25) is 0 Å². The maximum atomic E-state index is 13.5. The molecule has 1 atom stereocenters.